The van der Waals surface area contributed by atoms with Crippen LogP contribution in [0.5, 0.6) is 0 Å². The number of rotatable bonds is 5. The number of anilines is 2. The van der Waals surface area contributed by atoms with Crippen molar-refractivity contribution >= 4 is 39.5 Å². The van der Waals surface area contributed by atoms with E-state index < -0.39 is 0 Å². The fourth-order valence-electron chi connectivity index (χ4n) is 2.00. The van der Waals surface area contributed by atoms with E-state index in [0.717, 1.165) is 16.4 Å². The van der Waals surface area contributed by atoms with Crippen molar-refractivity contribution in [2.75, 3.05) is 10.6 Å². The molecular formula is C15H13N5OS2. The van der Waals surface area contributed by atoms with E-state index in [0.29, 0.717) is 16.7 Å². The Bertz CT molecular complexity index is 809. The van der Waals surface area contributed by atoms with Gasteiger partial charge in [-0.25, -0.2) is 4.98 Å². The van der Waals surface area contributed by atoms with E-state index in [4.69, 9.17) is 0 Å². The van der Waals surface area contributed by atoms with Crippen molar-refractivity contribution in [1.82, 2.24) is 15.2 Å². The van der Waals surface area contributed by atoms with E-state index in [1.54, 1.807) is 23.6 Å². The van der Waals surface area contributed by atoms with Crippen LogP contribution < -0.4 is 10.6 Å². The van der Waals surface area contributed by atoms with Crippen LogP contribution in [0.1, 0.15) is 23.2 Å². The Hall–Kier alpha value is -2.32. The van der Waals surface area contributed by atoms with Crippen LogP contribution in [0, 0.1) is 0 Å². The number of amides is 1. The van der Waals surface area contributed by atoms with Gasteiger partial charge < -0.3 is 5.32 Å². The molecule has 1 amide bonds. The Morgan fingerprint density at radius 2 is 2.13 bits per heavy atom. The summed E-state index contributed by atoms with van der Waals surface area (Å²) in [6, 6.07) is 6.10. The van der Waals surface area contributed by atoms with E-state index >= 15 is 0 Å². The zero-order chi connectivity index (χ0) is 15.6. The van der Waals surface area contributed by atoms with Gasteiger partial charge in [0.25, 0.3) is 5.91 Å². The molecule has 0 atom stereocenters. The van der Waals surface area contributed by atoms with Crippen LogP contribution in [0.15, 0.2) is 35.2 Å². The van der Waals surface area contributed by atoms with Crippen LogP contribution in [0.25, 0.3) is 10.6 Å². The minimum atomic E-state index is -0.233. The van der Waals surface area contributed by atoms with Gasteiger partial charge in [0.2, 0.25) is 5.13 Å². The standard InChI is InChI=1S/C15H13N5OS2/c21-13(9-1-4-12(16-7-9)17-11-2-3-11)18-15-20-19-14(23-15)10-5-6-22-8-10/h1,4-8,11H,2-3H2,(H,16,17)(H,18,20,21). The summed E-state index contributed by atoms with van der Waals surface area (Å²) in [5.41, 5.74) is 1.52. The third-order valence-electron chi connectivity index (χ3n) is 3.37. The van der Waals surface area contributed by atoms with Crippen molar-refractivity contribution in [3.63, 3.8) is 0 Å². The number of pyridine rings is 1. The summed E-state index contributed by atoms with van der Waals surface area (Å²) >= 11 is 2.95. The molecule has 4 rings (SSSR count). The van der Waals surface area contributed by atoms with Crippen molar-refractivity contribution in [2.45, 2.75) is 18.9 Å². The lowest BCUT2D eigenvalue weighted by Crippen LogP contribution is -2.12. The van der Waals surface area contributed by atoms with Crippen LogP contribution in [-0.2, 0) is 0 Å². The molecular weight excluding hydrogens is 330 g/mol. The zero-order valence-corrected chi connectivity index (χ0v) is 13.7. The van der Waals surface area contributed by atoms with Gasteiger partial charge in [-0.3, -0.25) is 10.1 Å². The van der Waals surface area contributed by atoms with Crippen molar-refractivity contribution < 1.29 is 4.79 Å². The molecule has 1 aliphatic carbocycles. The van der Waals surface area contributed by atoms with Gasteiger partial charge in [-0.05, 0) is 36.4 Å². The highest BCUT2D eigenvalue weighted by atomic mass is 32.1. The number of nitrogens with zero attached hydrogens (tertiary/aromatic N) is 3. The molecule has 0 unspecified atom stereocenters. The molecule has 23 heavy (non-hydrogen) atoms. The quantitative estimate of drug-likeness (QED) is 0.741. The topological polar surface area (TPSA) is 79.8 Å². The maximum atomic E-state index is 12.2. The maximum Gasteiger partial charge on any atom is 0.259 e. The molecule has 0 aromatic carbocycles. The largest absolute Gasteiger partial charge is 0.367 e. The number of hydrogen-bond acceptors (Lipinski definition) is 7. The average Bonchev–Trinajstić information content (AvgIpc) is 3.04. The van der Waals surface area contributed by atoms with Crippen LogP contribution in [0.4, 0.5) is 10.9 Å². The van der Waals surface area contributed by atoms with Gasteiger partial charge in [0, 0.05) is 23.2 Å². The Morgan fingerprint density at radius 3 is 2.83 bits per heavy atom. The SMILES string of the molecule is O=C(Nc1nnc(-c2ccsc2)s1)c1ccc(NC2CC2)nc1. The van der Waals surface area contributed by atoms with Crippen molar-refractivity contribution in [2.24, 2.45) is 0 Å². The second kappa shape index (κ2) is 6.05. The molecule has 116 valence electrons. The van der Waals surface area contributed by atoms with E-state index in [1.807, 2.05) is 22.9 Å². The highest BCUT2D eigenvalue weighted by Gasteiger charge is 2.21. The fourth-order valence-corrected chi connectivity index (χ4v) is 3.45. The second-order valence-corrected chi connectivity index (χ2v) is 6.99. The molecule has 1 aliphatic rings. The monoisotopic (exact) mass is 343 g/mol. The summed E-state index contributed by atoms with van der Waals surface area (Å²) < 4.78 is 0. The fraction of sp³-hybridized carbons (Fsp3) is 0.200. The third-order valence-corrected chi connectivity index (χ3v) is 4.94. The summed E-state index contributed by atoms with van der Waals surface area (Å²) in [5, 5.41) is 19.4. The third kappa shape index (κ3) is 3.38. The Labute approximate surface area is 140 Å². The highest BCUT2D eigenvalue weighted by molar-refractivity contribution is 7.19. The van der Waals surface area contributed by atoms with E-state index in [2.05, 4.69) is 25.8 Å². The van der Waals surface area contributed by atoms with Crippen molar-refractivity contribution in [1.29, 1.82) is 0 Å². The number of nitrogens with one attached hydrogen (secondary N) is 2. The number of thiophene rings is 1. The van der Waals surface area contributed by atoms with Gasteiger partial charge in [0.1, 0.15) is 10.8 Å². The summed E-state index contributed by atoms with van der Waals surface area (Å²) in [6.45, 7) is 0. The van der Waals surface area contributed by atoms with Gasteiger partial charge in [-0.15, -0.1) is 10.2 Å². The number of carbonyl (C=O) groups excluding carboxylic acids is 1. The lowest BCUT2D eigenvalue weighted by Gasteiger charge is -2.04. The predicted molar refractivity (Wildman–Crippen MR) is 92.1 cm³/mol. The number of carbonyl (C=O) groups is 1. The maximum absolute atomic E-state index is 12.2. The van der Waals surface area contributed by atoms with Crippen LogP contribution in [0.3, 0.4) is 0 Å². The molecule has 0 saturated heterocycles. The molecule has 0 bridgehead atoms. The van der Waals surface area contributed by atoms with Crippen LogP contribution in [-0.4, -0.2) is 27.1 Å². The Kier molecular flexibility index (Phi) is 3.76. The first-order valence-corrected chi connectivity index (χ1v) is 8.94. The average molecular weight is 343 g/mol. The van der Waals surface area contributed by atoms with Crippen molar-refractivity contribution in [3.05, 3.63) is 40.7 Å². The molecule has 0 aliphatic heterocycles. The number of hydrogen-bond donors (Lipinski definition) is 2. The lowest BCUT2D eigenvalue weighted by atomic mass is 10.2. The van der Waals surface area contributed by atoms with Gasteiger partial charge in [-0.2, -0.15) is 11.3 Å². The van der Waals surface area contributed by atoms with Gasteiger partial charge in [-0.1, -0.05) is 11.3 Å². The minimum absolute atomic E-state index is 0.233. The predicted octanol–water partition coefficient (Wildman–Crippen LogP) is 3.49. The first-order chi connectivity index (χ1) is 11.3. The smallest absolute Gasteiger partial charge is 0.259 e. The molecule has 1 fully saturated rings. The lowest BCUT2D eigenvalue weighted by molar-refractivity contribution is 0.102. The molecule has 2 N–H and O–H groups in total. The van der Waals surface area contributed by atoms with Crippen LogP contribution in [0.2, 0.25) is 0 Å². The normalized spacial score (nSPS) is 13.7. The van der Waals surface area contributed by atoms with E-state index in [9.17, 15) is 4.79 Å². The van der Waals surface area contributed by atoms with Crippen LogP contribution >= 0.6 is 22.7 Å². The highest BCUT2D eigenvalue weighted by Crippen LogP contribution is 2.28. The van der Waals surface area contributed by atoms with Gasteiger partial charge >= 0.3 is 0 Å². The molecule has 3 aromatic rings. The molecule has 0 spiro atoms. The molecule has 0 radical (unpaired) electrons. The summed E-state index contributed by atoms with van der Waals surface area (Å²) in [7, 11) is 0. The Balaban J connectivity index is 1.42. The first-order valence-electron chi connectivity index (χ1n) is 7.18. The summed E-state index contributed by atoms with van der Waals surface area (Å²) in [5.74, 6) is 0.572. The molecule has 3 aromatic heterocycles. The molecule has 1 saturated carbocycles. The Morgan fingerprint density at radius 1 is 1.22 bits per heavy atom. The molecule has 6 nitrogen and oxygen atoms in total. The van der Waals surface area contributed by atoms with Gasteiger partial charge in [0.15, 0.2) is 0 Å². The van der Waals surface area contributed by atoms with E-state index in [-0.39, 0.29) is 5.91 Å². The molecule has 8 heteroatoms. The number of aromatic nitrogens is 3. The van der Waals surface area contributed by atoms with Crippen molar-refractivity contribution in [3.8, 4) is 10.6 Å². The first kappa shape index (κ1) is 14.3. The summed E-state index contributed by atoms with van der Waals surface area (Å²) in [4.78, 5) is 16.5. The zero-order valence-electron chi connectivity index (χ0n) is 12.0. The minimum Gasteiger partial charge on any atom is -0.367 e. The van der Waals surface area contributed by atoms with Gasteiger partial charge in [0.05, 0.1) is 5.56 Å². The van der Waals surface area contributed by atoms with E-state index in [1.165, 1.54) is 24.2 Å². The molecule has 3 heterocycles. The second-order valence-electron chi connectivity index (χ2n) is 5.23. The summed E-state index contributed by atoms with van der Waals surface area (Å²) in [6.07, 6.45) is 3.95.